The number of ether oxygens (including phenoxy) is 2. The van der Waals surface area contributed by atoms with E-state index in [1.807, 2.05) is 103 Å². The van der Waals surface area contributed by atoms with Crippen LogP contribution < -0.4 is 21.7 Å². The van der Waals surface area contributed by atoms with Gasteiger partial charge in [-0.2, -0.15) is 0 Å². The molecule has 2 aromatic carbocycles. The number of likely N-dealkylation sites (N-methyl/N-ethyl adjacent to an activating group) is 2. The average Bonchev–Trinajstić information content (AvgIpc) is 3.74. The Morgan fingerprint density at radius 2 is 1.55 bits per heavy atom. The van der Waals surface area contributed by atoms with Gasteiger partial charge in [0.15, 0.2) is 0 Å². The van der Waals surface area contributed by atoms with Crippen molar-refractivity contribution in [2.24, 2.45) is 23.7 Å². The Hall–Kier alpha value is -5.12. The maximum absolute atomic E-state index is 14.4. The molecule has 64 heavy (non-hydrogen) atoms. The second-order valence-corrected chi connectivity index (χ2v) is 18.4. The second-order valence-electron chi connectivity index (χ2n) is 18.4. The fourth-order valence-corrected chi connectivity index (χ4v) is 9.18. The Balaban J connectivity index is 1.52. The third-order valence-electron chi connectivity index (χ3n) is 12.9. The van der Waals surface area contributed by atoms with Crippen molar-refractivity contribution in [1.82, 2.24) is 30.3 Å². The zero-order chi connectivity index (χ0) is 47.4. The maximum atomic E-state index is 14.4. The Labute approximate surface area is 380 Å². The molecular weight excluding hydrogens is 813 g/mol. The van der Waals surface area contributed by atoms with E-state index in [1.165, 1.54) is 7.11 Å². The number of benzene rings is 2. The predicted molar refractivity (Wildman–Crippen MR) is 252 cm³/mol. The summed E-state index contributed by atoms with van der Waals surface area (Å²) >= 11 is 0. The van der Waals surface area contributed by atoms with Crippen LogP contribution in [-0.4, -0.2) is 134 Å². The van der Waals surface area contributed by atoms with Crippen molar-refractivity contribution in [1.29, 1.82) is 0 Å². The van der Waals surface area contributed by atoms with Gasteiger partial charge in [-0.15, -0.1) is 0 Å². The molecule has 9 atom stereocenters. The topological polar surface area (TPSA) is 189 Å². The molecule has 352 valence electrons. The Morgan fingerprint density at radius 1 is 0.875 bits per heavy atom. The van der Waals surface area contributed by atoms with Crippen LogP contribution in [0.2, 0.25) is 0 Å². The minimum absolute atomic E-state index is 0.0150. The van der Waals surface area contributed by atoms with Crippen molar-refractivity contribution in [3.63, 3.8) is 0 Å². The summed E-state index contributed by atoms with van der Waals surface area (Å²) in [6, 6.07) is 13.5. The summed E-state index contributed by atoms with van der Waals surface area (Å²) in [5.41, 5.74) is 8.62. The highest BCUT2D eigenvalue weighted by atomic mass is 16.5. The second kappa shape index (κ2) is 23.7. The van der Waals surface area contributed by atoms with Crippen LogP contribution in [0.1, 0.15) is 79.7 Å². The number of rotatable bonds is 22. The molecule has 0 bridgehead atoms. The lowest BCUT2D eigenvalue weighted by Crippen LogP contribution is -2.59. The number of pyridine rings is 1. The number of nitrogens with two attached hydrogens (primary N) is 1. The number of carbonyl (C=O) groups is 5. The number of methoxy groups -OCH3 is 2. The Kier molecular flexibility index (Phi) is 19.1. The van der Waals surface area contributed by atoms with Gasteiger partial charge < -0.3 is 41.0 Å². The first-order chi connectivity index (χ1) is 30.3. The highest BCUT2D eigenvalue weighted by Crippen LogP contribution is 2.30. The van der Waals surface area contributed by atoms with Crippen molar-refractivity contribution in [2.75, 3.05) is 53.0 Å². The number of para-hydroxylation sites is 1. The van der Waals surface area contributed by atoms with Crippen LogP contribution >= 0.6 is 0 Å². The molecular formula is C49H74N8O7. The molecule has 0 radical (unpaired) electrons. The van der Waals surface area contributed by atoms with Crippen LogP contribution in [0.5, 0.6) is 0 Å². The van der Waals surface area contributed by atoms with E-state index in [0.717, 1.165) is 16.5 Å². The molecule has 1 saturated heterocycles. The molecule has 0 saturated carbocycles. The minimum atomic E-state index is -0.961. The van der Waals surface area contributed by atoms with Crippen molar-refractivity contribution in [2.45, 2.75) is 123 Å². The first-order valence-electron chi connectivity index (χ1n) is 22.7. The van der Waals surface area contributed by atoms with Gasteiger partial charge in [0.1, 0.15) is 12.1 Å². The SMILES string of the molecule is CC[C@H](C)C([C@@H](CC(=O)N1CCC[C@H]1[C@H](OC)[C@@H](C)C(=O)N[C@@H](Cc1ccc(N)cc1)C(=O)Nc1cnc2ccccc2c1)OC)N(C)C(=O)C(NC(=O)C(C(C)C)N(C)C)C(C)C. The van der Waals surface area contributed by atoms with Crippen molar-refractivity contribution < 1.29 is 33.4 Å². The highest BCUT2D eigenvalue weighted by Gasteiger charge is 2.43. The predicted octanol–water partition coefficient (Wildman–Crippen LogP) is 5.13. The molecule has 15 heteroatoms. The summed E-state index contributed by atoms with van der Waals surface area (Å²) in [5, 5.41) is 9.84. The van der Waals surface area contributed by atoms with Crippen LogP contribution in [0.25, 0.3) is 10.9 Å². The van der Waals surface area contributed by atoms with E-state index in [9.17, 15) is 24.0 Å². The standard InChI is InChI=1S/C49H74N8O7/c1-13-31(6)44(56(10)49(62)42(29(2)3)54-48(61)43(30(4)5)55(8)9)40(63-11)27-41(58)57-24-16-19-39(57)45(64-12)32(7)46(59)53-38(25-33-20-22-35(50)23-21-33)47(60)52-36-26-34-17-14-15-18-37(34)51-28-36/h14-15,17-18,20-23,26,28-32,38-40,42-45H,13,16,19,24-25,27,50H2,1-12H3,(H,52,60)(H,53,59)(H,54,61)/t31-,32+,38-,39-,40+,42?,43?,44?,45+/m0/s1. The van der Waals surface area contributed by atoms with Crippen LogP contribution in [0.3, 0.4) is 0 Å². The van der Waals surface area contributed by atoms with Crippen LogP contribution in [-0.2, 0) is 39.9 Å². The van der Waals surface area contributed by atoms with Gasteiger partial charge in [0.25, 0.3) is 0 Å². The molecule has 2 heterocycles. The smallest absolute Gasteiger partial charge is 0.247 e. The van der Waals surface area contributed by atoms with E-state index in [1.54, 1.807) is 49.2 Å². The highest BCUT2D eigenvalue weighted by molar-refractivity contribution is 5.99. The van der Waals surface area contributed by atoms with Crippen molar-refractivity contribution in [3.8, 4) is 0 Å². The summed E-state index contributed by atoms with van der Waals surface area (Å²) in [6.07, 6.45) is 2.43. The normalized spacial score (nSPS) is 17.9. The van der Waals surface area contributed by atoms with E-state index in [0.29, 0.717) is 37.2 Å². The molecule has 0 aliphatic carbocycles. The maximum Gasteiger partial charge on any atom is 0.247 e. The summed E-state index contributed by atoms with van der Waals surface area (Å²) in [5.74, 6) is -2.44. The number of likely N-dealkylation sites (tertiary alicyclic amines) is 1. The monoisotopic (exact) mass is 887 g/mol. The van der Waals surface area contributed by atoms with Gasteiger partial charge in [-0.1, -0.05) is 85.2 Å². The molecule has 5 N–H and O–H groups in total. The summed E-state index contributed by atoms with van der Waals surface area (Å²) in [7, 11) is 8.51. The molecule has 1 aliphatic heterocycles. The van der Waals surface area contributed by atoms with Gasteiger partial charge in [-0.3, -0.25) is 33.9 Å². The summed E-state index contributed by atoms with van der Waals surface area (Å²) in [6.45, 7) is 14.1. The summed E-state index contributed by atoms with van der Waals surface area (Å²) in [4.78, 5) is 80.2. The Bertz CT molecular complexity index is 2020. The van der Waals surface area contributed by atoms with E-state index < -0.39 is 60.1 Å². The van der Waals surface area contributed by atoms with Gasteiger partial charge in [0.2, 0.25) is 29.5 Å². The van der Waals surface area contributed by atoms with E-state index in [4.69, 9.17) is 15.2 Å². The van der Waals surface area contributed by atoms with Gasteiger partial charge in [0.05, 0.1) is 60.1 Å². The van der Waals surface area contributed by atoms with Gasteiger partial charge in [-0.25, -0.2) is 0 Å². The third-order valence-corrected chi connectivity index (χ3v) is 12.9. The van der Waals surface area contributed by atoms with Crippen LogP contribution in [0.4, 0.5) is 11.4 Å². The van der Waals surface area contributed by atoms with Gasteiger partial charge in [-0.05, 0) is 74.5 Å². The molecule has 1 aromatic heterocycles. The fraction of sp³-hybridized carbons (Fsp3) is 0.592. The quantitative estimate of drug-likeness (QED) is 0.0986. The number of fused-ring (bicyclic) bond motifs is 1. The van der Waals surface area contributed by atoms with Crippen LogP contribution in [0.15, 0.2) is 60.8 Å². The molecule has 1 fully saturated rings. The number of aromatic nitrogens is 1. The molecule has 4 rings (SSSR count). The number of amides is 5. The molecule has 1 aliphatic rings. The average molecular weight is 887 g/mol. The largest absolute Gasteiger partial charge is 0.399 e. The minimum Gasteiger partial charge on any atom is -0.399 e. The number of hydrogen-bond donors (Lipinski definition) is 4. The Morgan fingerprint density at radius 3 is 2.14 bits per heavy atom. The number of nitrogens with one attached hydrogen (secondary N) is 3. The molecule has 3 aromatic rings. The molecule has 0 spiro atoms. The van der Waals surface area contributed by atoms with Crippen LogP contribution in [0, 0.1) is 23.7 Å². The molecule has 5 amide bonds. The lowest BCUT2D eigenvalue weighted by atomic mass is 9.89. The van der Waals surface area contributed by atoms with Gasteiger partial charge in [0, 0.05) is 45.3 Å². The zero-order valence-electron chi connectivity index (χ0n) is 40.1. The number of nitrogen functional groups attached to an aromatic ring is 1. The molecule has 15 nitrogen and oxygen atoms in total. The number of hydrogen-bond acceptors (Lipinski definition) is 10. The molecule has 3 unspecified atom stereocenters. The zero-order valence-corrected chi connectivity index (χ0v) is 40.1. The van der Waals surface area contributed by atoms with E-state index >= 15 is 0 Å². The van der Waals surface area contributed by atoms with E-state index in [-0.39, 0.29) is 48.3 Å². The third kappa shape index (κ3) is 13.0. The lowest BCUT2D eigenvalue weighted by Gasteiger charge is -2.41. The number of anilines is 2. The number of nitrogens with zero attached hydrogens (tertiary/aromatic N) is 4. The summed E-state index contributed by atoms with van der Waals surface area (Å²) < 4.78 is 12.1. The van der Waals surface area contributed by atoms with E-state index in [2.05, 4.69) is 20.9 Å². The van der Waals surface area contributed by atoms with Gasteiger partial charge >= 0.3 is 0 Å². The number of carbonyl (C=O) groups excluding carboxylic acids is 5. The first kappa shape index (κ1) is 51.5. The fourth-order valence-electron chi connectivity index (χ4n) is 9.18. The van der Waals surface area contributed by atoms with Crippen molar-refractivity contribution in [3.05, 3.63) is 66.4 Å². The van der Waals surface area contributed by atoms with Crippen molar-refractivity contribution >= 4 is 51.8 Å². The lowest BCUT2D eigenvalue weighted by molar-refractivity contribution is -0.148. The first-order valence-corrected chi connectivity index (χ1v) is 22.7.